The van der Waals surface area contributed by atoms with Crippen molar-refractivity contribution >= 4 is 28.2 Å². The van der Waals surface area contributed by atoms with E-state index in [4.69, 9.17) is 10.5 Å². The molecule has 1 aromatic heterocycles. The Labute approximate surface area is 122 Å². The first-order valence-corrected chi connectivity index (χ1v) is 7.22. The number of aromatic nitrogens is 2. The van der Waals surface area contributed by atoms with Crippen LogP contribution < -0.4 is 15.2 Å². The lowest BCUT2D eigenvalue weighted by Crippen LogP contribution is -2.03. The van der Waals surface area contributed by atoms with Crippen molar-refractivity contribution in [3.05, 3.63) is 23.8 Å². The molecule has 20 heavy (non-hydrogen) atoms. The Hall–Kier alpha value is -1.61. The lowest BCUT2D eigenvalue weighted by molar-refractivity contribution is -0.0512. The summed E-state index contributed by atoms with van der Waals surface area (Å²) in [4.78, 5) is 0. The maximum Gasteiger partial charge on any atom is 0.387 e. The average molecular weight is 319 g/mol. The molecule has 0 saturated carbocycles. The molecular formula is C11H11F2N3O2S2. The number of nitrogens with two attached hydrogens (primary N) is 1. The van der Waals surface area contributed by atoms with Gasteiger partial charge in [-0.1, -0.05) is 29.2 Å². The molecule has 0 radical (unpaired) electrons. The summed E-state index contributed by atoms with van der Waals surface area (Å²) in [6.45, 7) is -2.88. The first-order chi connectivity index (χ1) is 9.58. The second kappa shape index (κ2) is 6.71. The predicted molar refractivity (Wildman–Crippen MR) is 73.5 cm³/mol. The Morgan fingerprint density at radius 1 is 1.35 bits per heavy atom. The molecule has 0 fully saturated rings. The Kier molecular flexibility index (Phi) is 4.96. The molecule has 0 atom stereocenters. The zero-order valence-electron chi connectivity index (χ0n) is 10.4. The van der Waals surface area contributed by atoms with Crippen molar-refractivity contribution in [3.8, 4) is 11.5 Å². The monoisotopic (exact) mass is 319 g/mol. The first kappa shape index (κ1) is 14.8. The van der Waals surface area contributed by atoms with Gasteiger partial charge in [0.2, 0.25) is 5.13 Å². The van der Waals surface area contributed by atoms with E-state index in [0.29, 0.717) is 10.9 Å². The van der Waals surface area contributed by atoms with Gasteiger partial charge in [-0.05, 0) is 17.7 Å². The number of halogens is 2. The van der Waals surface area contributed by atoms with Gasteiger partial charge in [-0.15, -0.1) is 10.2 Å². The summed E-state index contributed by atoms with van der Waals surface area (Å²) in [7, 11) is 1.40. The summed E-state index contributed by atoms with van der Waals surface area (Å²) >= 11 is 2.75. The maximum atomic E-state index is 12.2. The average Bonchev–Trinajstić information content (AvgIpc) is 2.83. The van der Waals surface area contributed by atoms with E-state index in [9.17, 15) is 8.78 Å². The van der Waals surface area contributed by atoms with Crippen molar-refractivity contribution in [2.24, 2.45) is 0 Å². The minimum Gasteiger partial charge on any atom is -0.493 e. The van der Waals surface area contributed by atoms with Gasteiger partial charge in [0.15, 0.2) is 15.8 Å². The minimum atomic E-state index is -2.88. The van der Waals surface area contributed by atoms with Crippen LogP contribution in [0.2, 0.25) is 0 Å². The van der Waals surface area contributed by atoms with E-state index in [2.05, 4.69) is 14.9 Å². The fraction of sp³-hybridized carbons (Fsp3) is 0.273. The van der Waals surface area contributed by atoms with Gasteiger partial charge in [0.25, 0.3) is 0 Å². The largest absolute Gasteiger partial charge is 0.493 e. The Morgan fingerprint density at radius 2 is 2.15 bits per heavy atom. The van der Waals surface area contributed by atoms with Crippen LogP contribution in [0.25, 0.3) is 0 Å². The molecule has 0 saturated heterocycles. The number of nitrogen functional groups attached to an aromatic ring is 1. The SMILES string of the molecule is COc1cc(CSc2nnc(N)s2)ccc1OC(F)F. The molecule has 0 aliphatic heterocycles. The standard InChI is InChI=1S/C11H11F2N3O2S2/c1-17-8-4-6(2-3-7(8)18-9(12)13)5-19-11-16-15-10(14)20-11/h2-4,9H,5H2,1H3,(H2,14,15). The lowest BCUT2D eigenvalue weighted by Gasteiger charge is -2.10. The molecule has 0 spiro atoms. The fourth-order valence-corrected chi connectivity index (χ4v) is 3.00. The number of thioether (sulfide) groups is 1. The fourth-order valence-electron chi connectivity index (χ4n) is 1.42. The van der Waals surface area contributed by atoms with Gasteiger partial charge in [-0.2, -0.15) is 8.78 Å². The van der Waals surface area contributed by atoms with E-state index in [1.165, 1.54) is 36.3 Å². The Balaban J connectivity index is 2.05. The van der Waals surface area contributed by atoms with Gasteiger partial charge < -0.3 is 15.2 Å². The topological polar surface area (TPSA) is 70.3 Å². The predicted octanol–water partition coefficient (Wildman–Crippen LogP) is 3.02. The van der Waals surface area contributed by atoms with Crippen molar-refractivity contribution in [2.45, 2.75) is 16.7 Å². The summed E-state index contributed by atoms with van der Waals surface area (Å²) in [5.41, 5.74) is 6.37. The van der Waals surface area contributed by atoms with E-state index in [0.717, 1.165) is 9.90 Å². The highest BCUT2D eigenvalue weighted by atomic mass is 32.2. The van der Waals surface area contributed by atoms with Crippen molar-refractivity contribution in [3.63, 3.8) is 0 Å². The molecule has 1 aromatic carbocycles. The number of ether oxygens (including phenoxy) is 2. The number of methoxy groups -OCH3 is 1. The summed E-state index contributed by atoms with van der Waals surface area (Å²) < 4.78 is 34.5. The molecule has 0 amide bonds. The van der Waals surface area contributed by atoms with Crippen LogP contribution in [0.4, 0.5) is 13.9 Å². The number of benzene rings is 1. The van der Waals surface area contributed by atoms with Crippen molar-refractivity contribution < 1.29 is 18.3 Å². The molecule has 2 aromatic rings. The quantitative estimate of drug-likeness (QED) is 0.825. The molecule has 9 heteroatoms. The molecule has 1 heterocycles. The third-order valence-electron chi connectivity index (χ3n) is 2.23. The summed E-state index contributed by atoms with van der Waals surface area (Å²) in [6.07, 6.45) is 0. The number of nitrogens with zero attached hydrogens (tertiary/aromatic N) is 2. The number of hydrogen-bond acceptors (Lipinski definition) is 7. The van der Waals surface area contributed by atoms with E-state index in [1.54, 1.807) is 12.1 Å². The van der Waals surface area contributed by atoms with Crippen LogP contribution in [0.3, 0.4) is 0 Å². The molecular weight excluding hydrogens is 308 g/mol. The summed E-state index contributed by atoms with van der Waals surface area (Å²) in [6, 6.07) is 4.79. The van der Waals surface area contributed by atoms with Crippen LogP contribution in [-0.2, 0) is 5.75 Å². The number of anilines is 1. The molecule has 0 aliphatic carbocycles. The summed E-state index contributed by atoms with van der Waals surface area (Å²) in [5, 5.41) is 8.00. The van der Waals surface area contributed by atoms with Gasteiger partial charge in [0.1, 0.15) is 0 Å². The highest BCUT2D eigenvalue weighted by Crippen LogP contribution is 2.32. The van der Waals surface area contributed by atoms with Crippen LogP contribution in [0, 0.1) is 0 Å². The van der Waals surface area contributed by atoms with Crippen LogP contribution in [-0.4, -0.2) is 23.9 Å². The van der Waals surface area contributed by atoms with Gasteiger partial charge in [0.05, 0.1) is 7.11 Å². The third kappa shape index (κ3) is 3.94. The number of rotatable bonds is 6. The van der Waals surface area contributed by atoms with E-state index >= 15 is 0 Å². The molecule has 0 bridgehead atoms. The van der Waals surface area contributed by atoms with Crippen LogP contribution in [0.5, 0.6) is 11.5 Å². The maximum absolute atomic E-state index is 12.2. The third-order valence-corrected chi connectivity index (χ3v) is 4.19. The van der Waals surface area contributed by atoms with Crippen molar-refractivity contribution in [2.75, 3.05) is 12.8 Å². The van der Waals surface area contributed by atoms with Gasteiger partial charge >= 0.3 is 6.61 Å². The zero-order valence-corrected chi connectivity index (χ0v) is 12.0. The van der Waals surface area contributed by atoms with Crippen LogP contribution >= 0.6 is 23.1 Å². The van der Waals surface area contributed by atoms with Gasteiger partial charge in [-0.3, -0.25) is 0 Å². The molecule has 2 rings (SSSR count). The Bertz CT molecular complexity index is 581. The zero-order chi connectivity index (χ0) is 14.5. The molecule has 108 valence electrons. The van der Waals surface area contributed by atoms with Crippen LogP contribution in [0.1, 0.15) is 5.56 Å². The Morgan fingerprint density at radius 3 is 2.75 bits per heavy atom. The van der Waals surface area contributed by atoms with E-state index in [1.807, 2.05) is 0 Å². The van der Waals surface area contributed by atoms with Gasteiger partial charge in [0, 0.05) is 5.75 Å². The molecule has 0 unspecified atom stereocenters. The summed E-state index contributed by atoms with van der Waals surface area (Å²) in [5.74, 6) is 0.872. The number of alkyl halides is 2. The smallest absolute Gasteiger partial charge is 0.387 e. The first-order valence-electron chi connectivity index (χ1n) is 5.42. The molecule has 0 aliphatic rings. The van der Waals surface area contributed by atoms with E-state index < -0.39 is 6.61 Å². The minimum absolute atomic E-state index is 0.0106. The normalized spacial score (nSPS) is 10.8. The van der Waals surface area contributed by atoms with Gasteiger partial charge in [-0.25, -0.2) is 0 Å². The second-order valence-electron chi connectivity index (χ2n) is 3.56. The van der Waals surface area contributed by atoms with Crippen LogP contribution in [0.15, 0.2) is 22.5 Å². The molecule has 2 N–H and O–H groups in total. The highest BCUT2D eigenvalue weighted by molar-refractivity contribution is 8.00. The highest BCUT2D eigenvalue weighted by Gasteiger charge is 2.11. The molecule has 5 nitrogen and oxygen atoms in total. The second-order valence-corrected chi connectivity index (χ2v) is 5.79. The van der Waals surface area contributed by atoms with Crippen molar-refractivity contribution in [1.82, 2.24) is 10.2 Å². The number of hydrogen-bond donors (Lipinski definition) is 1. The van der Waals surface area contributed by atoms with E-state index in [-0.39, 0.29) is 11.5 Å². The lowest BCUT2D eigenvalue weighted by atomic mass is 10.2. The van der Waals surface area contributed by atoms with Crippen molar-refractivity contribution in [1.29, 1.82) is 0 Å².